The molecule has 1 atom stereocenters. The molecule has 1 aliphatic heterocycles. The lowest BCUT2D eigenvalue weighted by atomic mass is 10.1. The molecule has 0 saturated carbocycles. The minimum Gasteiger partial charge on any atom is -0.349 e. The fourth-order valence-corrected chi connectivity index (χ4v) is 4.06. The highest BCUT2D eigenvalue weighted by atomic mass is 32.2. The van der Waals surface area contributed by atoms with Crippen molar-refractivity contribution in [3.63, 3.8) is 0 Å². The Balaban J connectivity index is 2.24. The van der Waals surface area contributed by atoms with Crippen LogP contribution in [0.15, 0.2) is 38.8 Å². The second kappa shape index (κ2) is 6.21. The van der Waals surface area contributed by atoms with E-state index in [4.69, 9.17) is 0 Å². The zero-order valence-electron chi connectivity index (χ0n) is 13.8. The Hall–Kier alpha value is -2.46. The quantitative estimate of drug-likeness (QED) is 0.784. The van der Waals surface area contributed by atoms with Gasteiger partial charge in [0.2, 0.25) is 0 Å². The van der Waals surface area contributed by atoms with Crippen LogP contribution in [-0.4, -0.2) is 20.9 Å². The number of nitrogens with zero attached hydrogens (tertiary/aromatic N) is 4. The van der Waals surface area contributed by atoms with E-state index < -0.39 is 11.2 Å². The van der Waals surface area contributed by atoms with Crippen LogP contribution < -0.4 is 16.1 Å². The van der Waals surface area contributed by atoms with Gasteiger partial charge in [-0.25, -0.2) is 4.79 Å². The largest absolute Gasteiger partial charge is 0.349 e. The maximum atomic E-state index is 12.4. The van der Waals surface area contributed by atoms with Crippen molar-refractivity contribution in [3.05, 3.63) is 56.2 Å². The van der Waals surface area contributed by atoms with E-state index in [-0.39, 0.29) is 11.6 Å². The predicted molar refractivity (Wildman–Crippen MR) is 94.5 cm³/mol. The zero-order valence-corrected chi connectivity index (χ0v) is 14.6. The molecule has 1 aromatic heterocycles. The van der Waals surface area contributed by atoms with Gasteiger partial charge in [-0.1, -0.05) is 18.2 Å². The lowest BCUT2D eigenvalue weighted by molar-refractivity contribution is 0.617. The smallest absolute Gasteiger partial charge is 0.332 e. The zero-order chi connectivity index (χ0) is 17.4. The van der Waals surface area contributed by atoms with Gasteiger partial charge in [0, 0.05) is 37.3 Å². The normalized spacial score (nSPS) is 17.1. The monoisotopic (exact) mass is 342 g/mol. The Labute approximate surface area is 143 Å². The molecule has 3 rings (SSSR count). The molecular formula is C17H18N4O2S. The molecule has 1 aromatic carbocycles. The molecule has 0 fully saturated rings. The lowest BCUT2D eigenvalue weighted by Crippen LogP contribution is -2.45. The molecule has 0 radical (unpaired) electrons. The third-order valence-corrected chi connectivity index (χ3v) is 5.70. The average Bonchev–Trinajstić information content (AvgIpc) is 2.75. The van der Waals surface area contributed by atoms with Crippen LogP contribution in [0.25, 0.3) is 0 Å². The molecular weight excluding hydrogens is 324 g/mol. The van der Waals surface area contributed by atoms with Gasteiger partial charge >= 0.3 is 5.69 Å². The number of hydrogen-bond acceptors (Lipinski definition) is 5. The predicted octanol–water partition coefficient (Wildman–Crippen LogP) is 1.46. The van der Waals surface area contributed by atoms with E-state index in [2.05, 4.69) is 6.07 Å². The molecule has 1 aliphatic rings. The SMILES string of the molecule is CC1CSc2ccccc2CN1c1c(C#N)c(=O)n(C)c(=O)n1C. The minimum absolute atomic E-state index is 0.0100. The maximum absolute atomic E-state index is 12.4. The van der Waals surface area contributed by atoms with Gasteiger partial charge in [0.15, 0.2) is 5.56 Å². The van der Waals surface area contributed by atoms with Crippen LogP contribution in [-0.2, 0) is 20.6 Å². The second-order valence-corrected chi connectivity index (χ2v) is 6.97. The molecule has 0 N–H and O–H groups in total. The van der Waals surface area contributed by atoms with E-state index in [0.717, 1.165) is 15.9 Å². The fourth-order valence-electron chi connectivity index (χ4n) is 2.97. The molecule has 2 aromatic rings. The summed E-state index contributed by atoms with van der Waals surface area (Å²) in [5, 5.41) is 9.51. The van der Waals surface area contributed by atoms with E-state index in [0.29, 0.717) is 12.4 Å². The van der Waals surface area contributed by atoms with Gasteiger partial charge in [0.25, 0.3) is 5.56 Å². The summed E-state index contributed by atoms with van der Waals surface area (Å²) in [6.07, 6.45) is 0. The third-order valence-electron chi connectivity index (χ3n) is 4.34. The highest BCUT2D eigenvalue weighted by Crippen LogP contribution is 2.32. The third kappa shape index (κ3) is 2.53. The van der Waals surface area contributed by atoms with Gasteiger partial charge in [0.1, 0.15) is 11.9 Å². The Morgan fingerprint density at radius 1 is 1.21 bits per heavy atom. The van der Waals surface area contributed by atoms with Crippen molar-refractivity contribution < 1.29 is 0 Å². The van der Waals surface area contributed by atoms with Crippen molar-refractivity contribution in [1.29, 1.82) is 5.26 Å². The summed E-state index contributed by atoms with van der Waals surface area (Å²) in [6.45, 7) is 2.60. The molecule has 6 nitrogen and oxygen atoms in total. The minimum atomic E-state index is -0.548. The first kappa shape index (κ1) is 16.4. The molecule has 0 aliphatic carbocycles. The molecule has 1 unspecified atom stereocenters. The first-order valence-electron chi connectivity index (χ1n) is 7.63. The number of aromatic nitrogens is 2. The van der Waals surface area contributed by atoms with Crippen molar-refractivity contribution in [2.75, 3.05) is 10.7 Å². The van der Waals surface area contributed by atoms with E-state index in [9.17, 15) is 14.9 Å². The van der Waals surface area contributed by atoms with Gasteiger partial charge in [0.05, 0.1) is 0 Å². The van der Waals surface area contributed by atoms with Gasteiger partial charge in [-0.05, 0) is 18.6 Å². The van der Waals surface area contributed by atoms with Crippen LogP contribution in [0.1, 0.15) is 18.1 Å². The summed E-state index contributed by atoms with van der Waals surface area (Å²) in [5.41, 5.74) is 0.166. The number of thioether (sulfide) groups is 1. The summed E-state index contributed by atoms with van der Waals surface area (Å²) in [6, 6.07) is 10.2. The number of nitriles is 1. The topological polar surface area (TPSA) is 71.0 Å². The summed E-state index contributed by atoms with van der Waals surface area (Å²) in [7, 11) is 3.00. The molecule has 124 valence electrons. The maximum Gasteiger partial charge on any atom is 0.332 e. The Kier molecular flexibility index (Phi) is 4.24. The van der Waals surface area contributed by atoms with Crippen LogP contribution in [0.4, 0.5) is 5.82 Å². The average molecular weight is 342 g/mol. The van der Waals surface area contributed by atoms with Gasteiger partial charge < -0.3 is 4.90 Å². The highest BCUT2D eigenvalue weighted by molar-refractivity contribution is 7.99. The number of fused-ring (bicyclic) bond motifs is 1. The van der Waals surface area contributed by atoms with Crippen LogP contribution in [0.3, 0.4) is 0 Å². The number of anilines is 1. The molecule has 7 heteroatoms. The number of benzene rings is 1. The Bertz CT molecular complexity index is 955. The summed E-state index contributed by atoms with van der Waals surface area (Å²) in [5.74, 6) is 1.21. The summed E-state index contributed by atoms with van der Waals surface area (Å²) < 4.78 is 2.38. The van der Waals surface area contributed by atoms with E-state index in [1.54, 1.807) is 18.8 Å². The van der Waals surface area contributed by atoms with Crippen LogP contribution in [0, 0.1) is 11.3 Å². The van der Waals surface area contributed by atoms with Crippen LogP contribution in [0.2, 0.25) is 0 Å². The Morgan fingerprint density at radius 2 is 1.92 bits per heavy atom. The number of hydrogen-bond donors (Lipinski definition) is 0. The highest BCUT2D eigenvalue weighted by Gasteiger charge is 2.27. The molecule has 0 spiro atoms. The fraction of sp³-hybridized carbons (Fsp3) is 0.353. The summed E-state index contributed by atoms with van der Waals surface area (Å²) >= 11 is 1.75. The second-order valence-electron chi connectivity index (χ2n) is 5.91. The number of rotatable bonds is 1. The van der Waals surface area contributed by atoms with Crippen molar-refractivity contribution in [2.45, 2.75) is 24.4 Å². The molecule has 0 bridgehead atoms. The van der Waals surface area contributed by atoms with Gasteiger partial charge in [-0.2, -0.15) is 5.26 Å². The summed E-state index contributed by atoms with van der Waals surface area (Å²) in [4.78, 5) is 27.9. The lowest BCUT2D eigenvalue weighted by Gasteiger charge is -2.31. The van der Waals surface area contributed by atoms with Crippen LogP contribution >= 0.6 is 11.8 Å². The van der Waals surface area contributed by atoms with E-state index in [1.165, 1.54) is 16.5 Å². The molecule has 2 heterocycles. The Morgan fingerprint density at radius 3 is 2.62 bits per heavy atom. The van der Waals surface area contributed by atoms with Gasteiger partial charge in [-0.3, -0.25) is 13.9 Å². The van der Waals surface area contributed by atoms with E-state index >= 15 is 0 Å². The van der Waals surface area contributed by atoms with Crippen molar-refractivity contribution in [2.24, 2.45) is 14.1 Å². The van der Waals surface area contributed by atoms with Crippen LogP contribution in [0.5, 0.6) is 0 Å². The van der Waals surface area contributed by atoms with Gasteiger partial charge in [-0.15, -0.1) is 11.8 Å². The van der Waals surface area contributed by atoms with E-state index in [1.807, 2.05) is 36.1 Å². The first-order chi connectivity index (χ1) is 11.5. The molecule has 0 amide bonds. The van der Waals surface area contributed by atoms with Crippen molar-refractivity contribution in [3.8, 4) is 6.07 Å². The molecule has 24 heavy (non-hydrogen) atoms. The molecule has 0 saturated heterocycles. The first-order valence-corrected chi connectivity index (χ1v) is 8.61. The van der Waals surface area contributed by atoms with Crippen molar-refractivity contribution in [1.82, 2.24) is 9.13 Å². The standard InChI is InChI=1S/C17H18N4O2S/c1-11-10-24-14-7-5-4-6-12(14)9-21(11)15-13(8-18)16(22)20(3)17(23)19(15)2/h4-7,11H,9-10H2,1-3H3. The van der Waals surface area contributed by atoms with Crippen molar-refractivity contribution >= 4 is 17.6 Å².